The van der Waals surface area contributed by atoms with Crippen molar-refractivity contribution in [3.05, 3.63) is 62.6 Å². The van der Waals surface area contributed by atoms with Crippen LogP contribution in [0.1, 0.15) is 37.0 Å². The maximum atomic E-state index is 13.2. The molecule has 1 saturated heterocycles. The smallest absolute Gasteiger partial charge is 0.332 e. The van der Waals surface area contributed by atoms with Gasteiger partial charge >= 0.3 is 5.69 Å². The van der Waals surface area contributed by atoms with Gasteiger partial charge in [0, 0.05) is 50.7 Å². The Morgan fingerprint density at radius 3 is 2.73 bits per heavy atom. The fourth-order valence-electron chi connectivity index (χ4n) is 4.13. The van der Waals surface area contributed by atoms with Gasteiger partial charge in [-0.3, -0.25) is 23.7 Å². The molecule has 10 nitrogen and oxygen atoms in total. The molecule has 1 atom stereocenters. The number of aromatic nitrogens is 5. The minimum atomic E-state index is -0.585. The number of carbonyl (C=O) groups is 1. The van der Waals surface area contributed by atoms with E-state index in [9.17, 15) is 14.4 Å². The lowest BCUT2D eigenvalue weighted by Gasteiger charge is -2.31. The van der Waals surface area contributed by atoms with Crippen molar-refractivity contribution in [2.24, 2.45) is 12.8 Å². The number of ketones is 1. The highest BCUT2D eigenvalue weighted by Crippen LogP contribution is 2.23. The number of Topliss-reactive ketones (excluding diaryl/α,β-unsaturated/α-hetero) is 1. The standard InChI is InChI=1S/C23H29N7O3/c1-15(2)8-11-29-19-20(26-22(29)28-10-5-7-17(24)13-28)30(23(33)27(3)21(19)32)14-18(31)16-6-4-9-25-12-16/h4,6,8-9,12,17H,5,7,10-11,13-14,24H2,1-3H3. The van der Waals surface area contributed by atoms with Gasteiger partial charge in [0.05, 0.1) is 6.54 Å². The molecule has 4 rings (SSSR count). The summed E-state index contributed by atoms with van der Waals surface area (Å²) in [5.41, 5.74) is 7.16. The summed E-state index contributed by atoms with van der Waals surface area (Å²) in [7, 11) is 1.42. The molecule has 33 heavy (non-hydrogen) atoms. The van der Waals surface area contributed by atoms with Crippen LogP contribution in [0.25, 0.3) is 11.2 Å². The van der Waals surface area contributed by atoms with Crippen LogP contribution in [-0.2, 0) is 20.1 Å². The molecular weight excluding hydrogens is 422 g/mol. The predicted octanol–water partition coefficient (Wildman–Crippen LogP) is 1.07. The normalized spacial score (nSPS) is 16.2. The minimum absolute atomic E-state index is 0.00708. The monoisotopic (exact) mass is 451 g/mol. The Labute approximate surface area is 191 Å². The number of fused-ring (bicyclic) bond motifs is 1. The molecule has 0 aliphatic carbocycles. The Morgan fingerprint density at radius 2 is 2.06 bits per heavy atom. The first-order chi connectivity index (χ1) is 15.8. The van der Waals surface area contributed by atoms with Crippen LogP contribution in [0, 0.1) is 0 Å². The molecule has 0 saturated carbocycles. The lowest BCUT2D eigenvalue weighted by atomic mass is 10.1. The third-order valence-corrected chi connectivity index (χ3v) is 5.92. The second-order valence-electron chi connectivity index (χ2n) is 8.72. The van der Waals surface area contributed by atoms with Gasteiger partial charge in [-0.25, -0.2) is 4.79 Å². The summed E-state index contributed by atoms with van der Waals surface area (Å²) >= 11 is 0. The number of piperidine rings is 1. The molecule has 1 fully saturated rings. The fraction of sp³-hybridized carbons (Fsp3) is 0.435. The van der Waals surface area contributed by atoms with E-state index in [4.69, 9.17) is 10.7 Å². The molecule has 3 aromatic rings. The molecule has 1 aliphatic rings. The number of anilines is 1. The first kappa shape index (κ1) is 22.7. The van der Waals surface area contributed by atoms with Gasteiger partial charge in [-0.15, -0.1) is 0 Å². The van der Waals surface area contributed by atoms with Gasteiger partial charge in [-0.1, -0.05) is 11.6 Å². The summed E-state index contributed by atoms with van der Waals surface area (Å²) in [4.78, 5) is 49.9. The zero-order valence-corrected chi connectivity index (χ0v) is 19.2. The Morgan fingerprint density at radius 1 is 1.27 bits per heavy atom. The summed E-state index contributed by atoms with van der Waals surface area (Å²) in [5.74, 6) is 0.300. The van der Waals surface area contributed by atoms with Crippen molar-refractivity contribution in [1.29, 1.82) is 0 Å². The molecule has 1 unspecified atom stereocenters. The molecule has 0 amide bonds. The topological polar surface area (TPSA) is 121 Å². The number of pyridine rings is 1. The molecule has 1 aliphatic heterocycles. The molecule has 0 bridgehead atoms. The third kappa shape index (κ3) is 4.38. The zero-order chi connectivity index (χ0) is 23.7. The number of nitrogens with zero attached hydrogens (tertiary/aromatic N) is 6. The number of hydrogen-bond acceptors (Lipinski definition) is 7. The van der Waals surface area contributed by atoms with Gasteiger partial charge in [0.1, 0.15) is 0 Å². The molecule has 4 heterocycles. The highest BCUT2D eigenvalue weighted by atomic mass is 16.2. The van der Waals surface area contributed by atoms with Crippen LogP contribution in [0.5, 0.6) is 0 Å². The van der Waals surface area contributed by atoms with Crippen molar-refractivity contribution >= 4 is 22.9 Å². The van der Waals surface area contributed by atoms with Gasteiger partial charge in [-0.05, 0) is 38.8 Å². The Bertz CT molecular complexity index is 1330. The minimum Gasteiger partial charge on any atom is -0.341 e. The van der Waals surface area contributed by atoms with E-state index in [1.54, 1.807) is 18.3 Å². The van der Waals surface area contributed by atoms with E-state index in [2.05, 4.69) is 9.88 Å². The van der Waals surface area contributed by atoms with Crippen LogP contribution >= 0.6 is 0 Å². The van der Waals surface area contributed by atoms with E-state index in [0.29, 0.717) is 30.1 Å². The molecular formula is C23H29N7O3. The van der Waals surface area contributed by atoms with Crippen LogP contribution in [0.4, 0.5) is 5.95 Å². The predicted molar refractivity (Wildman–Crippen MR) is 127 cm³/mol. The lowest BCUT2D eigenvalue weighted by Crippen LogP contribution is -2.44. The van der Waals surface area contributed by atoms with Crippen LogP contribution in [0.15, 0.2) is 45.8 Å². The van der Waals surface area contributed by atoms with E-state index in [0.717, 1.165) is 29.5 Å². The molecule has 2 N–H and O–H groups in total. The SMILES string of the molecule is CC(C)=CCn1c(N2CCCC(N)C2)nc2c1c(=O)n(C)c(=O)n2CC(=O)c1cccnc1. The van der Waals surface area contributed by atoms with Crippen LogP contribution in [0.2, 0.25) is 0 Å². The van der Waals surface area contributed by atoms with E-state index >= 15 is 0 Å². The maximum absolute atomic E-state index is 13.2. The van der Waals surface area contributed by atoms with E-state index in [1.807, 2.05) is 24.5 Å². The van der Waals surface area contributed by atoms with Crippen molar-refractivity contribution in [2.45, 2.75) is 45.8 Å². The van der Waals surface area contributed by atoms with Crippen molar-refractivity contribution in [1.82, 2.24) is 23.7 Å². The zero-order valence-electron chi connectivity index (χ0n) is 19.2. The lowest BCUT2D eigenvalue weighted by molar-refractivity contribution is 0.0971. The first-order valence-corrected chi connectivity index (χ1v) is 11.0. The first-order valence-electron chi connectivity index (χ1n) is 11.0. The Hall–Kier alpha value is -3.53. The highest BCUT2D eigenvalue weighted by molar-refractivity contribution is 5.96. The van der Waals surface area contributed by atoms with Gasteiger partial charge in [-0.2, -0.15) is 4.98 Å². The molecule has 0 aromatic carbocycles. The van der Waals surface area contributed by atoms with Crippen molar-refractivity contribution in [3.63, 3.8) is 0 Å². The molecule has 0 spiro atoms. The number of allylic oxidation sites excluding steroid dienone is 2. The van der Waals surface area contributed by atoms with E-state index in [-0.39, 0.29) is 24.0 Å². The molecule has 10 heteroatoms. The summed E-state index contributed by atoms with van der Waals surface area (Å²) in [5, 5.41) is 0. The number of carbonyl (C=O) groups excluding carboxylic acids is 1. The number of nitrogens with two attached hydrogens (primary N) is 1. The summed E-state index contributed by atoms with van der Waals surface area (Å²) < 4.78 is 4.14. The number of imidazole rings is 1. The maximum Gasteiger partial charge on any atom is 0.332 e. The van der Waals surface area contributed by atoms with Gasteiger partial charge < -0.3 is 15.2 Å². The number of hydrogen-bond donors (Lipinski definition) is 1. The average Bonchev–Trinajstić information content (AvgIpc) is 3.19. The second kappa shape index (κ2) is 9.14. The van der Waals surface area contributed by atoms with E-state index in [1.165, 1.54) is 17.8 Å². The Balaban J connectivity index is 1.92. The Kier molecular flexibility index (Phi) is 6.28. The van der Waals surface area contributed by atoms with Gasteiger partial charge in [0.25, 0.3) is 5.56 Å². The average molecular weight is 452 g/mol. The van der Waals surface area contributed by atoms with E-state index < -0.39 is 11.2 Å². The van der Waals surface area contributed by atoms with Crippen LogP contribution in [-0.4, -0.2) is 48.6 Å². The van der Waals surface area contributed by atoms with Crippen LogP contribution < -0.4 is 21.9 Å². The molecule has 3 aromatic heterocycles. The summed E-state index contributed by atoms with van der Waals surface area (Å²) in [6.45, 7) is 5.51. The van der Waals surface area contributed by atoms with Gasteiger partial charge in [0.2, 0.25) is 5.95 Å². The fourth-order valence-corrected chi connectivity index (χ4v) is 4.13. The van der Waals surface area contributed by atoms with Crippen molar-refractivity contribution in [3.8, 4) is 0 Å². The summed E-state index contributed by atoms with van der Waals surface area (Å²) in [6, 6.07) is 3.32. The van der Waals surface area contributed by atoms with Crippen LogP contribution in [0.3, 0.4) is 0 Å². The van der Waals surface area contributed by atoms with Crippen molar-refractivity contribution < 1.29 is 4.79 Å². The number of rotatable bonds is 6. The molecule has 0 radical (unpaired) electrons. The summed E-state index contributed by atoms with van der Waals surface area (Å²) in [6.07, 6.45) is 6.88. The quantitative estimate of drug-likeness (QED) is 0.439. The third-order valence-electron chi connectivity index (χ3n) is 5.92. The highest BCUT2D eigenvalue weighted by Gasteiger charge is 2.26. The van der Waals surface area contributed by atoms with Crippen molar-refractivity contribution in [2.75, 3.05) is 18.0 Å². The molecule has 174 valence electrons. The van der Waals surface area contributed by atoms with Gasteiger partial charge in [0.15, 0.2) is 16.9 Å². The largest absolute Gasteiger partial charge is 0.341 e. The second-order valence-corrected chi connectivity index (χ2v) is 8.72.